The zero-order chi connectivity index (χ0) is 3.54. The van der Waals surface area contributed by atoms with Crippen LogP contribution in [0.15, 0.2) is 0 Å². The molecule has 1 aromatic heterocycles. The average Bonchev–Trinajstić information content (AvgIpc) is 1.76. The van der Waals surface area contributed by atoms with Gasteiger partial charge in [0, 0.05) is 7.87 Å². The number of hydrogen-bond acceptors (Lipinski definition) is 1. The highest BCUT2D eigenvalue weighted by atomic mass is 31.8. The van der Waals surface area contributed by atoms with E-state index in [1.807, 2.05) is 0 Å². The van der Waals surface area contributed by atoms with Crippen LogP contribution in [-0.2, 0) is 0 Å². The molecule has 1 N–H and O–H groups in total. The lowest BCUT2D eigenvalue weighted by Gasteiger charge is -1.46. The van der Waals surface area contributed by atoms with Gasteiger partial charge in [-0.05, 0) is 0 Å². The van der Waals surface area contributed by atoms with Crippen LogP contribution in [0.4, 0.5) is 0 Å². The molecule has 0 aliphatic carbocycles. The predicted octanol–water partition coefficient (Wildman–Crippen LogP) is 1.37. The summed E-state index contributed by atoms with van der Waals surface area (Å²) in [6.07, 6.45) is 0. The van der Waals surface area contributed by atoms with Crippen LogP contribution in [0.1, 0.15) is 0 Å². The van der Waals surface area contributed by atoms with Gasteiger partial charge < -0.3 is 0 Å². The van der Waals surface area contributed by atoms with Gasteiger partial charge in [0.15, 0.2) is 0 Å². The summed E-state index contributed by atoms with van der Waals surface area (Å²) < 4.78 is 0. The van der Waals surface area contributed by atoms with Crippen LogP contribution in [-0.4, -0.2) is 9.96 Å². The van der Waals surface area contributed by atoms with Gasteiger partial charge in [-0.1, -0.05) is 0 Å². The van der Waals surface area contributed by atoms with Gasteiger partial charge in [-0.2, -0.15) is 5.10 Å². The molecular weight excluding hydrogens is 102 g/mol. The summed E-state index contributed by atoms with van der Waals surface area (Å²) in [6, 6.07) is 0. The van der Waals surface area contributed by atoms with Crippen LogP contribution in [0.5, 0.6) is 0 Å². The van der Waals surface area contributed by atoms with Gasteiger partial charge >= 0.3 is 0 Å². The van der Waals surface area contributed by atoms with Crippen molar-refractivity contribution < 1.29 is 0 Å². The zero-order valence-corrected chi connectivity index (χ0v) is 4.13. The Morgan fingerprint density at radius 3 is 3.00 bits per heavy atom. The van der Waals surface area contributed by atoms with Gasteiger partial charge in [-0.15, -0.1) is 0 Å². The number of aromatic amines is 1. The van der Waals surface area contributed by atoms with Crippen LogP contribution >= 0.6 is 15.9 Å². The second kappa shape index (κ2) is 1.49. The number of H-pyrrole nitrogens is 1. The van der Waals surface area contributed by atoms with Crippen LogP contribution < -0.4 is 0 Å². The number of hydrogen-bond donors (Lipinski definition) is 1. The van der Waals surface area contributed by atoms with E-state index in [9.17, 15) is 0 Å². The monoisotopic (exact) mass is 103 g/mol. The van der Waals surface area contributed by atoms with E-state index in [1.54, 1.807) is 0 Å². The third-order valence-corrected chi connectivity index (χ3v) is 1.55. The van der Waals surface area contributed by atoms with Crippen LogP contribution in [0, 0.1) is 5.93 Å². The summed E-state index contributed by atoms with van der Waals surface area (Å²) in [5, 5.41) is 3.56. The second-order valence-corrected chi connectivity index (χ2v) is 2.51. The van der Waals surface area contributed by atoms with E-state index in [0.29, 0.717) is 0 Å². The standard InChI is InChI=1S/CHN2P2/c1-2-3-5-4-1/h(H,2,3). The van der Waals surface area contributed by atoms with Crippen molar-refractivity contribution in [3.8, 4) is 0 Å². The topological polar surface area (TPSA) is 28.7 Å². The first-order valence-corrected chi connectivity index (χ1v) is 3.59. The Morgan fingerprint density at radius 1 is 1.80 bits per heavy atom. The van der Waals surface area contributed by atoms with Gasteiger partial charge in [0.05, 0.1) is 8.03 Å². The zero-order valence-electron chi connectivity index (χ0n) is 2.34. The van der Waals surface area contributed by atoms with Crippen LogP contribution in [0.3, 0.4) is 0 Å². The van der Waals surface area contributed by atoms with E-state index in [4.69, 9.17) is 0 Å². The Bertz CT molecular complexity index is 64.1. The largest absolute Gasteiger partial charge is 0.255 e. The van der Waals surface area contributed by atoms with Crippen molar-refractivity contribution in [3.05, 3.63) is 5.93 Å². The molecule has 4 heteroatoms. The quantitative estimate of drug-likeness (QED) is 0.527. The average molecular weight is 103 g/mol. The minimum absolute atomic E-state index is 1.14. The molecule has 25 valence electrons. The summed E-state index contributed by atoms with van der Waals surface area (Å²) in [7, 11) is 2.27. The maximum atomic E-state index is 3.56. The van der Waals surface area contributed by atoms with Crippen molar-refractivity contribution >= 4 is 15.9 Å². The maximum absolute atomic E-state index is 3.56. The Morgan fingerprint density at radius 2 is 2.80 bits per heavy atom. The highest BCUT2D eigenvalue weighted by Gasteiger charge is 1.61. The number of nitrogens with one attached hydrogen (secondary N) is 1. The van der Waals surface area contributed by atoms with Crippen molar-refractivity contribution in [3.63, 3.8) is 0 Å². The second-order valence-electron chi connectivity index (χ2n) is 0.512. The third kappa shape index (κ3) is 0.678. The molecule has 0 amide bonds. The van der Waals surface area contributed by atoms with Crippen molar-refractivity contribution in [1.82, 2.24) is 9.96 Å². The first kappa shape index (κ1) is 3.27. The van der Waals surface area contributed by atoms with E-state index < -0.39 is 0 Å². The lowest BCUT2D eigenvalue weighted by molar-refractivity contribution is 1.16. The fraction of sp³-hybridized carbons (Fsp3) is 0. The fourth-order valence-electron chi connectivity index (χ4n) is 0.112. The molecule has 0 spiro atoms. The van der Waals surface area contributed by atoms with Crippen molar-refractivity contribution in [1.29, 1.82) is 0 Å². The molecule has 0 unspecified atom stereocenters. The smallest absolute Gasteiger partial charge is 0.149 e. The molecule has 0 fully saturated rings. The van der Waals surface area contributed by atoms with E-state index in [1.165, 1.54) is 0 Å². The lowest BCUT2D eigenvalue weighted by atomic mass is 11.7. The molecule has 0 bridgehead atoms. The van der Waals surface area contributed by atoms with Crippen molar-refractivity contribution in [2.24, 2.45) is 0 Å². The molecule has 0 aromatic carbocycles. The molecule has 5 heavy (non-hydrogen) atoms. The first-order chi connectivity index (χ1) is 2.50. The Hall–Kier alpha value is 0.0700. The maximum Gasteiger partial charge on any atom is 0.149 e. The summed E-state index contributed by atoms with van der Waals surface area (Å²) in [6.45, 7) is 0. The highest BCUT2D eigenvalue weighted by molar-refractivity contribution is 7.87. The molecule has 1 aromatic rings. The fourth-order valence-corrected chi connectivity index (χ4v) is 1.01. The third-order valence-electron chi connectivity index (χ3n) is 0.239. The lowest BCUT2D eigenvalue weighted by Crippen LogP contribution is -1.50. The van der Waals surface area contributed by atoms with Gasteiger partial charge in [-0.3, -0.25) is 4.86 Å². The van der Waals surface area contributed by atoms with E-state index in [2.05, 4.69) is 15.9 Å². The van der Waals surface area contributed by atoms with Gasteiger partial charge in [-0.25, -0.2) is 0 Å². The van der Waals surface area contributed by atoms with Crippen molar-refractivity contribution in [2.45, 2.75) is 0 Å². The van der Waals surface area contributed by atoms with Crippen molar-refractivity contribution in [2.75, 3.05) is 0 Å². The number of nitrogens with zero attached hydrogens (tertiary/aromatic N) is 1. The van der Waals surface area contributed by atoms with Gasteiger partial charge in [0.2, 0.25) is 0 Å². The molecule has 0 saturated heterocycles. The molecule has 0 atom stereocenters. The predicted molar refractivity (Wildman–Crippen MR) is 22.4 cm³/mol. The molecule has 1 rings (SSSR count). The number of rotatable bonds is 0. The summed E-state index contributed by atoms with van der Waals surface area (Å²) in [5.74, 6) is 2.70. The van der Waals surface area contributed by atoms with E-state index >= 15 is 0 Å². The van der Waals surface area contributed by atoms with Crippen LogP contribution in [0.2, 0.25) is 0 Å². The normalized spacial score (nSPS) is 11.2. The Kier molecular flexibility index (Phi) is 0.975. The molecule has 0 saturated carbocycles. The van der Waals surface area contributed by atoms with Gasteiger partial charge in [0.25, 0.3) is 0 Å². The summed E-state index contributed by atoms with van der Waals surface area (Å²) in [4.78, 5) is 2.70. The Balaban J connectivity index is 3.13. The molecule has 1 radical (unpaired) electrons. The summed E-state index contributed by atoms with van der Waals surface area (Å²) in [5.41, 5.74) is 0. The van der Waals surface area contributed by atoms with E-state index in [0.717, 1.165) is 15.9 Å². The molecule has 1 heterocycles. The number of aromatic nitrogens is 2. The highest BCUT2D eigenvalue weighted by Crippen LogP contribution is 2.09. The molecule has 0 aliphatic rings. The Labute approximate surface area is 32.8 Å². The molecule has 0 aliphatic heterocycles. The van der Waals surface area contributed by atoms with Crippen LogP contribution in [0.25, 0.3) is 0 Å². The van der Waals surface area contributed by atoms with E-state index in [-0.39, 0.29) is 0 Å². The molecule has 2 nitrogen and oxygen atoms in total. The minimum Gasteiger partial charge on any atom is -0.255 e. The first-order valence-electron chi connectivity index (χ1n) is 1.09. The minimum atomic E-state index is 1.14. The molecular formula is CHN2P2. The SMILES string of the molecule is [c]1n[nH]pp1. The van der Waals surface area contributed by atoms with Gasteiger partial charge in [0.1, 0.15) is 5.93 Å². The summed E-state index contributed by atoms with van der Waals surface area (Å²) >= 11 is 0.